The van der Waals surface area contributed by atoms with Crippen molar-refractivity contribution in [1.29, 1.82) is 0 Å². The summed E-state index contributed by atoms with van der Waals surface area (Å²) in [7, 11) is 3.95. The molecular formula is C15H15FN4O. The van der Waals surface area contributed by atoms with Crippen LogP contribution in [0.1, 0.15) is 5.76 Å². The minimum Gasteiger partial charge on any atom is -0.456 e. The predicted octanol–water partition coefficient (Wildman–Crippen LogP) is 2.73. The minimum atomic E-state index is -0.285. The summed E-state index contributed by atoms with van der Waals surface area (Å²) >= 11 is 0. The number of furan rings is 1. The molecule has 108 valence electrons. The van der Waals surface area contributed by atoms with Crippen molar-refractivity contribution in [3.8, 4) is 17.3 Å². The van der Waals surface area contributed by atoms with Gasteiger partial charge in [-0.3, -0.25) is 0 Å². The van der Waals surface area contributed by atoms with Crippen LogP contribution in [0, 0.1) is 5.82 Å². The van der Waals surface area contributed by atoms with E-state index in [1.807, 2.05) is 31.1 Å². The summed E-state index contributed by atoms with van der Waals surface area (Å²) in [6.07, 6.45) is 1.45. The number of rotatable bonds is 4. The molecule has 0 bridgehead atoms. The van der Waals surface area contributed by atoms with Crippen molar-refractivity contribution in [3.63, 3.8) is 0 Å². The molecule has 0 aliphatic rings. The first kappa shape index (κ1) is 13.5. The maximum Gasteiger partial charge on any atom is 0.199 e. The van der Waals surface area contributed by atoms with Crippen molar-refractivity contribution in [2.45, 2.75) is 6.54 Å². The average molecular weight is 286 g/mol. The number of aromatic nitrogens is 3. The molecule has 0 N–H and O–H groups in total. The lowest BCUT2D eigenvalue weighted by Gasteiger charge is -2.06. The Hall–Kier alpha value is -2.47. The first-order valence-electron chi connectivity index (χ1n) is 6.53. The number of hydrogen-bond acceptors (Lipinski definition) is 4. The van der Waals surface area contributed by atoms with Crippen LogP contribution in [0.2, 0.25) is 0 Å². The molecule has 1 aromatic carbocycles. The summed E-state index contributed by atoms with van der Waals surface area (Å²) in [5.41, 5.74) is 0.731. The molecular weight excluding hydrogens is 271 g/mol. The predicted molar refractivity (Wildman–Crippen MR) is 76.4 cm³/mol. The molecule has 0 aliphatic carbocycles. The fourth-order valence-corrected chi connectivity index (χ4v) is 2.08. The molecule has 0 unspecified atom stereocenters. The van der Waals surface area contributed by atoms with Crippen molar-refractivity contribution in [2.75, 3.05) is 14.1 Å². The molecule has 2 heterocycles. The summed E-state index contributed by atoms with van der Waals surface area (Å²) in [6, 6.07) is 9.86. The van der Waals surface area contributed by atoms with Crippen LogP contribution in [0.5, 0.6) is 0 Å². The van der Waals surface area contributed by atoms with Crippen LogP contribution < -0.4 is 0 Å². The maximum absolute atomic E-state index is 13.0. The third kappa shape index (κ3) is 2.85. The highest BCUT2D eigenvalue weighted by Crippen LogP contribution is 2.23. The van der Waals surface area contributed by atoms with Gasteiger partial charge in [-0.05, 0) is 50.5 Å². The number of hydrogen-bond donors (Lipinski definition) is 0. The molecule has 6 heteroatoms. The molecule has 2 aromatic heterocycles. The summed E-state index contributed by atoms with van der Waals surface area (Å²) in [6.45, 7) is 0.713. The largest absolute Gasteiger partial charge is 0.456 e. The smallest absolute Gasteiger partial charge is 0.199 e. The Labute approximate surface area is 121 Å². The lowest BCUT2D eigenvalue weighted by atomic mass is 10.3. The van der Waals surface area contributed by atoms with Gasteiger partial charge in [-0.15, -0.1) is 0 Å². The zero-order valence-corrected chi connectivity index (χ0v) is 11.8. The van der Waals surface area contributed by atoms with E-state index in [9.17, 15) is 4.39 Å². The van der Waals surface area contributed by atoms with Gasteiger partial charge in [0.1, 0.15) is 17.9 Å². The van der Waals surface area contributed by atoms with Crippen molar-refractivity contribution in [3.05, 3.63) is 54.3 Å². The van der Waals surface area contributed by atoms with E-state index in [-0.39, 0.29) is 5.82 Å². The summed E-state index contributed by atoms with van der Waals surface area (Å²) < 4.78 is 20.4. The zero-order chi connectivity index (χ0) is 14.8. The second-order valence-corrected chi connectivity index (χ2v) is 4.98. The first-order valence-corrected chi connectivity index (χ1v) is 6.53. The fourth-order valence-electron chi connectivity index (χ4n) is 2.08. The normalized spacial score (nSPS) is 11.2. The Morgan fingerprint density at radius 2 is 1.90 bits per heavy atom. The molecule has 0 fully saturated rings. The van der Waals surface area contributed by atoms with E-state index in [0.717, 1.165) is 11.4 Å². The van der Waals surface area contributed by atoms with Crippen molar-refractivity contribution >= 4 is 0 Å². The van der Waals surface area contributed by atoms with Gasteiger partial charge in [-0.1, -0.05) is 0 Å². The van der Waals surface area contributed by atoms with Gasteiger partial charge in [0, 0.05) is 0 Å². The standard InChI is InChI=1S/C15H15FN4O/c1-19(2)9-13-7-8-14(21-13)15-17-10-18-20(15)12-5-3-11(16)4-6-12/h3-8,10H,9H2,1-2H3. The lowest BCUT2D eigenvalue weighted by Crippen LogP contribution is -2.09. The number of benzene rings is 1. The van der Waals surface area contributed by atoms with E-state index in [0.29, 0.717) is 18.1 Å². The Kier molecular flexibility index (Phi) is 3.53. The van der Waals surface area contributed by atoms with Crippen LogP contribution >= 0.6 is 0 Å². The number of halogens is 1. The van der Waals surface area contributed by atoms with Crippen molar-refractivity contribution in [2.24, 2.45) is 0 Å². The van der Waals surface area contributed by atoms with E-state index in [2.05, 4.69) is 10.1 Å². The summed E-state index contributed by atoms with van der Waals surface area (Å²) in [5, 5.41) is 4.18. The number of nitrogens with zero attached hydrogens (tertiary/aromatic N) is 4. The summed E-state index contributed by atoms with van der Waals surface area (Å²) in [5.74, 6) is 1.79. The highest BCUT2D eigenvalue weighted by atomic mass is 19.1. The molecule has 0 saturated heterocycles. The second kappa shape index (κ2) is 5.49. The van der Waals surface area contributed by atoms with E-state index in [4.69, 9.17) is 4.42 Å². The minimum absolute atomic E-state index is 0.285. The maximum atomic E-state index is 13.0. The fraction of sp³-hybridized carbons (Fsp3) is 0.200. The summed E-state index contributed by atoms with van der Waals surface area (Å²) in [4.78, 5) is 6.25. The zero-order valence-electron chi connectivity index (χ0n) is 11.8. The second-order valence-electron chi connectivity index (χ2n) is 4.98. The van der Waals surface area contributed by atoms with Crippen LogP contribution in [-0.4, -0.2) is 33.8 Å². The first-order chi connectivity index (χ1) is 10.1. The molecule has 0 saturated carbocycles. The molecule has 0 aliphatic heterocycles. The average Bonchev–Trinajstić information content (AvgIpc) is 3.07. The Morgan fingerprint density at radius 3 is 2.62 bits per heavy atom. The van der Waals surface area contributed by atoms with Crippen LogP contribution in [0.15, 0.2) is 47.1 Å². The molecule has 0 radical (unpaired) electrons. The SMILES string of the molecule is CN(C)Cc1ccc(-c2ncnn2-c2ccc(F)cc2)o1. The Morgan fingerprint density at radius 1 is 1.14 bits per heavy atom. The highest BCUT2D eigenvalue weighted by molar-refractivity contribution is 5.51. The van der Waals surface area contributed by atoms with E-state index < -0.39 is 0 Å². The topological polar surface area (TPSA) is 47.1 Å². The third-order valence-corrected chi connectivity index (χ3v) is 2.97. The van der Waals surface area contributed by atoms with Gasteiger partial charge in [-0.25, -0.2) is 14.1 Å². The van der Waals surface area contributed by atoms with Gasteiger partial charge < -0.3 is 9.32 Å². The van der Waals surface area contributed by atoms with Gasteiger partial charge in [0.2, 0.25) is 0 Å². The van der Waals surface area contributed by atoms with Gasteiger partial charge in [0.25, 0.3) is 0 Å². The molecule has 21 heavy (non-hydrogen) atoms. The van der Waals surface area contributed by atoms with Gasteiger partial charge in [0.05, 0.1) is 12.2 Å². The molecule has 0 atom stereocenters. The molecule has 3 aromatic rings. The van der Waals surface area contributed by atoms with Crippen molar-refractivity contribution < 1.29 is 8.81 Å². The van der Waals surface area contributed by atoms with E-state index in [1.54, 1.807) is 16.8 Å². The quantitative estimate of drug-likeness (QED) is 0.740. The van der Waals surface area contributed by atoms with Gasteiger partial charge >= 0.3 is 0 Å². The monoisotopic (exact) mass is 286 g/mol. The molecule has 0 amide bonds. The molecule has 0 spiro atoms. The van der Waals surface area contributed by atoms with Crippen molar-refractivity contribution in [1.82, 2.24) is 19.7 Å². The lowest BCUT2D eigenvalue weighted by molar-refractivity contribution is 0.353. The Balaban J connectivity index is 1.95. The van der Waals surface area contributed by atoms with Crippen LogP contribution in [-0.2, 0) is 6.54 Å². The molecule has 3 rings (SSSR count). The van der Waals surface area contributed by atoms with Crippen LogP contribution in [0.4, 0.5) is 4.39 Å². The van der Waals surface area contributed by atoms with Crippen LogP contribution in [0.25, 0.3) is 17.3 Å². The van der Waals surface area contributed by atoms with E-state index in [1.165, 1.54) is 18.5 Å². The third-order valence-electron chi connectivity index (χ3n) is 2.97. The van der Waals surface area contributed by atoms with E-state index >= 15 is 0 Å². The molecule has 5 nitrogen and oxygen atoms in total. The van der Waals surface area contributed by atoms with Gasteiger partial charge in [-0.2, -0.15) is 5.10 Å². The highest BCUT2D eigenvalue weighted by Gasteiger charge is 2.13. The Bertz CT molecular complexity index is 730. The van der Waals surface area contributed by atoms with Gasteiger partial charge in [0.15, 0.2) is 11.6 Å². The van der Waals surface area contributed by atoms with Crippen LogP contribution in [0.3, 0.4) is 0 Å².